The first-order chi connectivity index (χ1) is 13.1. The van der Waals surface area contributed by atoms with Gasteiger partial charge in [-0.05, 0) is 23.6 Å². The summed E-state index contributed by atoms with van der Waals surface area (Å²) < 4.78 is 6.56. The third kappa shape index (κ3) is 4.62. The Labute approximate surface area is 163 Å². The van der Waals surface area contributed by atoms with E-state index in [9.17, 15) is 14.4 Å². The summed E-state index contributed by atoms with van der Waals surface area (Å²) in [6.45, 7) is 0.668. The highest BCUT2D eigenvalue weighted by Gasteiger charge is 2.15. The molecule has 0 bridgehead atoms. The number of nitrogens with zero attached hydrogens (tertiary/aromatic N) is 2. The number of aromatic nitrogens is 2. The largest absolute Gasteiger partial charge is 0.383 e. The van der Waals surface area contributed by atoms with Gasteiger partial charge in [0, 0.05) is 7.11 Å². The molecule has 27 heavy (non-hydrogen) atoms. The van der Waals surface area contributed by atoms with Crippen LogP contribution >= 0.6 is 23.1 Å². The molecule has 7 nitrogen and oxygen atoms in total. The van der Waals surface area contributed by atoms with Crippen LogP contribution in [0.4, 0.5) is 0 Å². The van der Waals surface area contributed by atoms with Gasteiger partial charge in [-0.25, -0.2) is 4.98 Å². The molecule has 0 saturated carbocycles. The SMILES string of the molecule is COCCn1c(SCC(=O)NC(=O)c2cccs2)nc2ccccc2c1=O. The standard InChI is InChI=1S/C18H17N3O4S2/c1-25-9-8-21-17(24)12-5-2-3-6-13(12)19-18(21)27-11-15(22)20-16(23)14-7-4-10-26-14/h2-7,10H,8-9,11H2,1H3,(H,20,22,23). The number of para-hydroxylation sites is 1. The highest BCUT2D eigenvalue weighted by atomic mass is 32.2. The second kappa shape index (κ2) is 8.94. The first kappa shape index (κ1) is 19.3. The molecule has 0 aliphatic heterocycles. The number of rotatable bonds is 7. The molecule has 0 aliphatic rings. The first-order valence-electron chi connectivity index (χ1n) is 8.09. The van der Waals surface area contributed by atoms with Crippen molar-refractivity contribution in [3.05, 3.63) is 57.0 Å². The predicted octanol–water partition coefficient (Wildman–Crippen LogP) is 2.15. The van der Waals surface area contributed by atoms with Gasteiger partial charge in [-0.2, -0.15) is 0 Å². The summed E-state index contributed by atoms with van der Waals surface area (Å²) in [5, 5.41) is 5.03. The van der Waals surface area contributed by atoms with E-state index in [-0.39, 0.29) is 11.3 Å². The zero-order valence-corrected chi connectivity index (χ0v) is 16.1. The van der Waals surface area contributed by atoms with E-state index in [1.54, 1.807) is 48.9 Å². The normalized spacial score (nSPS) is 10.9. The molecule has 2 amide bonds. The van der Waals surface area contributed by atoms with Crippen LogP contribution in [0.3, 0.4) is 0 Å². The number of fused-ring (bicyclic) bond motifs is 1. The smallest absolute Gasteiger partial charge is 0.267 e. The van der Waals surface area contributed by atoms with Crippen LogP contribution in [-0.2, 0) is 16.1 Å². The predicted molar refractivity (Wildman–Crippen MR) is 105 cm³/mol. The maximum atomic E-state index is 12.7. The van der Waals surface area contributed by atoms with Crippen molar-refractivity contribution in [2.24, 2.45) is 0 Å². The van der Waals surface area contributed by atoms with E-state index >= 15 is 0 Å². The zero-order chi connectivity index (χ0) is 19.2. The number of hydrogen-bond acceptors (Lipinski definition) is 7. The van der Waals surface area contributed by atoms with Gasteiger partial charge in [-0.15, -0.1) is 11.3 Å². The number of carbonyl (C=O) groups is 2. The third-order valence-corrected chi connectivity index (χ3v) is 5.52. The van der Waals surface area contributed by atoms with Crippen molar-refractivity contribution in [1.29, 1.82) is 0 Å². The van der Waals surface area contributed by atoms with E-state index in [0.717, 1.165) is 11.8 Å². The van der Waals surface area contributed by atoms with Crippen LogP contribution in [-0.4, -0.2) is 40.8 Å². The van der Waals surface area contributed by atoms with Crippen LogP contribution < -0.4 is 10.9 Å². The van der Waals surface area contributed by atoms with Gasteiger partial charge in [0.05, 0.1) is 34.7 Å². The molecule has 3 rings (SSSR count). The Balaban J connectivity index is 1.77. The van der Waals surface area contributed by atoms with E-state index in [1.807, 2.05) is 0 Å². The minimum Gasteiger partial charge on any atom is -0.383 e. The number of ether oxygens (including phenoxy) is 1. The minimum atomic E-state index is -0.445. The molecule has 1 aromatic carbocycles. The number of imide groups is 1. The van der Waals surface area contributed by atoms with Gasteiger partial charge in [0.25, 0.3) is 11.5 Å². The lowest BCUT2D eigenvalue weighted by atomic mass is 10.2. The topological polar surface area (TPSA) is 90.3 Å². The zero-order valence-electron chi connectivity index (χ0n) is 14.5. The Kier molecular flexibility index (Phi) is 6.38. The minimum absolute atomic E-state index is 0.0329. The lowest BCUT2D eigenvalue weighted by molar-refractivity contribution is -0.117. The molecule has 0 unspecified atom stereocenters. The molecule has 140 valence electrons. The molecular weight excluding hydrogens is 386 g/mol. The fourth-order valence-corrected chi connectivity index (χ4v) is 3.84. The van der Waals surface area contributed by atoms with Crippen LogP contribution in [0, 0.1) is 0 Å². The van der Waals surface area contributed by atoms with E-state index in [2.05, 4.69) is 10.3 Å². The first-order valence-corrected chi connectivity index (χ1v) is 9.95. The molecule has 0 fully saturated rings. The van der Waals surface area contributed by atoms with Crippen LogP contribution in [0.15, 0.2) is 51.7 Å². The van der Waals surface area contributed by atoms with Gasteiger partial charge in [0.15, 0.2) is 5.16 Å². The lowest BCUT2D eigenvalue weighted by Crippen LogP contribution is -2.32. The van der Waals surface area contributed by atoms with E-state index in [1.165, 1.54) is 15.9 Å². The number of benzene rings is 1. The number of nitrogens with one attached hydrogen (secondary N) is 1. The summed E-state index contributed by atoms with van der Waals surface area (Å²) in [7, 11) is 1.55. The van der Waals surface area contributed by atoms with Crippen molar-refractivity contribution in [3.8, 4) is 0 Å². The molecule has 0 saturated heterocycles. The third-order valence-electron chi connectivity index (χ3n) is 3.68. The van der Waals surface area contributed by atoms with Crippen molar-refractivity contribution in [2.45, 2.75) is 11.7 Å². The average molecular weight is 403 g/mol. The van der Waals surface area contributed by atoms with Crippen LogP contribution in [0.2, 0.25) is 0 Å². The van der Waals surface area contributed by atoms with E-state index in [4.69, 9.17) is 4.74 Å². The van der Waals surface area contributed by atoms with Gasteiger partial charge in [0.2, 0.25) is 5.91 Å². The van der Waals surface area contributed by atoms with Gasteiger partial charge < -0.3 is 4.74 Å². The van der Waals surface area contributed by atoms with Crippen LogP contribution in [0.25, 0.3) is 10.9 Å². The molecule has 0 atom stereocenters. The molecule has 9 heteroatoms. The molecule has 3 aromatic rings. The fourth-order valence-electron chi connectivity index (χ4n) is 2.40. The van der Waals surface area contributed by atoms with Gasteiger partial charge in [-0.3, -0.25) is 24.3 Å². The Bertz CT molecular complexity index is 1020. The second-order valence-corrected chi connectivity index (χ2v) is 7.39. The number of carbonyl (C=O) groups excluding carboxylic acids is 2. The molecule has 2 heterocycles. The van der Waals surface area contributed by atoms with Crippen LogP contribution in [0.1, 0.15) is 9.67 Å². The number of methoxy groups -OCH3 is 1. The molecule has 0 aliphatic carbocycles. The molecule has 2 aromatic heterocycles. The van der Waals surface area contributed by atoms with Crippen molar-refractivity contribution >= 4 is 45.8 Å². The monoisotopic (exact) mass is 403 g/mol. The summed E-state index contributed by atoms with van der Waals surface area (Å²) in [6, 6.07) is 10.4. The Morgan fingerprint density at radius 1 is 1.26 bits per heavy atom. The maximum absolute atomic E-state index is 12.7. The van der Waals surface area contributed by atoms with Crippen molar-refractivity contribution < 1.29 is 14.3 Å². The van der Waals surface area contributed by atoms with Crippen molar-refractivity contribution in [1.82, 2.24) is 14.9 Å². The lowest BCUT2D eigenvalue weighted by Gasteiger charge is -2.12. The number of thiophene rings is 1. The highest BCUT2D eigenvalue weighted by Crippen LogP contribution is 2.18. The van der Waals surface area contributed by atoms with E-state index in [0.29, 0.717) is 34.1 Å². The molecular formula is C18H17N3O4S2. The molecule has 1 N–H and O–H groups in total. The fraction of sp³-hybridized carbons (Fsp3) is 0.222. The van der Waals surface area contributed by atoms with Crippen LogP contribution in [0.5, 0.6) is 0 Å². The Morgan fingerprint density at radius 2 is 2.07 bits per heavy atom. The van der Waals surface area contributed by atoms with Gasteiger partial charge in [-0.1, -0.05) is 30.0 Å². The molecule has 0 spiro atoms. The summed E-state index contributed by atoms with van der Waals surface area (Å²) in [4.78, 5) is 41.8. The van der Waals surface area contributed by atoms with Gasteiger partial charge in [0.1, 0.15) is 0 Å². The summed E-state index contributed by atoms with van der Waals surface area (Å²) >= 11 is 2.37. The number of hydrogen-bond donors (Lipinski definition) is 1. The second-order valence-electron chi connectivity index (χ2n) is 5.50. The van der Waals surface area contributed by atoms with Crippen molar-refractivity contribution in [3.63, 3.8) is 0 Å². The quantitative estimate of drug-likeness (QED) is 0.480. The summed E-state index contributed by atoms with van der Waals surface area (Å²) in [5.74, 6) is -0.910. The Hall–Kier alpha value is -2.49. The summed E-state index contributed by atoms with van der Waals surface area (Å²) in [6.07, 6.45) is 0. The average Bonchev–Trinajstić information content (AvgIpc) is 3.21. The van der Waals surface area contributed by atoms with Crippen molar-refractivity contribution in [2.75, 3.05) is 19.5 Å². The Morgan fingerprint density at radius 3 is 2.81 bits per heavy atom. The van der Waals surface area contributed by atoms with E-state index < -0.39 is 11.8 Å². The number of thioether (sulfide) groups is 1. The maximum Gasteiger partial charge on any atom is 0.267 e. The van der Waals surface area contributed by atoms with Gasteiger partial charge >= 0.3 is 0 Å². The number of amides is 2. The highest BCUT2D eigenvalue weighted by molar-refractivity contribution is 7.99. The summed E-state index contributed by atoms with van der Waals surface area (Å²) in [5.41, 5.74) is 0.379. The molecule has 0 radical (unpaired) electrons.